The molecule has 0 aromatic heterocycles. The maximum absolute atomic E-state index is 5.97. The number of alkyl halides is 1. The predicted molar refractivity (Wildman–Crippen MR) is 56.5 cm³/mol. The fourth-order valence-corrected chi connectivity index (χ4v) is 2.76. The summed E-state index contributed by atoms with van der Waals surface area (Å²) in [6.45, 7) is 5.19. The first-order chi connectivity index (χ1) is 6.68. The highest BCUT2D eigenvalue weighted by molar-refractivity contribution is 6.18. The van der Waals surface area contributed by atoms with Crippen molar-refractivity contribution >= 4 is 11.6 Å². The molecule has 0 bridgehead atoms. The summed E-state index contributed by atoms with van der Waals surface area (Å²) in [5.41, 5.74) is 0. The van der Waals surface area contributed by atoms with Gasteiger partial charge in [0.1, 0.15) is 0 Å². The van der Waals surface area contributed by atoms with E-state index in [4.69, 9.17) is 21.1 Å². The maximum Gasteiger partial charge on any atom is 0.171 e. The Morgan fingerprint density at radius 2 is 2.21 bits per heavy atom. The zero-order chi connectivity index (χ0) is 10.2. The van der Waals surface area contributed by atoms with Crippen LogP contribution in [0.25, 0.3) is 0 Å². The molecule has 2 rings (SSSR count). The Kier molecular flexibility index (Phi) is 3.06. The maximum atomic E-state index is 5.97. The second-order valence-electron chi connectivity index (χ2n) is 4.68. The van der Waals surface area contributed by atoms with Gasteiger partial charge in [-0.1, -0.05) is 20.3 Å². The zero-order valence-electron chi connectivity index (χ0n) is 8.96. The van der Waals surface area contributed by atoms with Gasteiger partial charge < -0.3 is 9.47 Å². The zero-order valence-corrected chi connectivity index (χ0v) is 9.72. The number of hydrogen-bond donors (Lipinski definition) is 0. The van der Waals surface area contributed by atoms with Crippen molar-refractivity contribution in [3.8, 4) is 0 Å². The summed E-state index contributed by atoms with van der Waals surface area (Å²) in [6, 6.07) is 0. The Balaban J connectivity index is 2.07. The van der Waals surface area contributed by atoms with Crippen molar-refractivity contribution in [2.24, 2.45) is 11.8 Å². The molecular formula is C11H19ClO2. The fourth-order valence-electron chi connectivity index (χ4n) is 2.61. The minimum Gasteiger partial charge on any atom is -0.347 e. The van der Waals surface area contributed by atoms with E-state index in [0.717, 1.165) is 6.42 Å². The van der Waals surface area contributed by atoms with Crippen molar-refractivity contribution in [3.05, 3.63) is 0 Å². The number of halogens is 1. The summed E-state index contributed by atoms with van der Waals surface area (Å²) in [5.74, 6) is 1.42. The average Bonchev–Trinajstić information content (AvgIpc) is 2.59. The van der Waals surface area contributed by atoms with Crippen LogP contribution < -0.4 is 0 Å². The molecule has 0 N–H and O–H groups in total. The van der Waals surface area contributed by atoms with E-state index in [1.54, 1.807) is 0 Å². The molecule has 1 spiro atoms. The molecule has 2 nitrogen and oxygen atoms in total. The fraction of sp³-hybridized carbons (Fsp3) is 1.00. The standard InChI is InChI=1S/C11H19ClO2/c1-8-4-3-5-11(9(8)2)13-7-10(6-12)14-11/h8-10H,3-7H2,1-2H3. The van der Waals surface area contributed by atoms with Crippen molar-refractivity contribution in [2.75, 3.05) is 12.5 Å². The lowest BCUT2D eigenvalue weighted by Crippen LogP contribution is -2.44. The van der Waals surface area contributed by atoms with Crippen LogP contribution >= 0.6 is 11.6 Å². The Morgan fingerprint density at radius 3 is 2.86 bits per heavy atom. The van der Waals surface area contributed by atoms with Gasteiger partial charge in [-0.05, 0) is 12.3 Å². The summed E-state index contributed by atoms with van der Waals surface area (Å²) in [6.07, 6.45) is 3.64. The van der Waals surface area contributed by atoms with Crippen LogP contribution in [0.3, 0.4) is 0 Å². The van der Waals surface area contributed by atoms with E-state index in [-0.39, 0.29) is 11.9 Å². The molecule has 1 aliphatic carbocycles. The molecule has 1 saturated carbocycles. The monoisotopic (exact) mass is 218 g/mol. The van der Waals surface area contributed by atoms with Crippen molar-refractivity contribution in [1.82, 2.24) is 0 Å². The van der Waals surface area contributed by atoms with Crippen LogP contribution in [-0.4, -0.2) is 24.4 Å². The average molecular weight is 219 g/mol. The SMILES string of the molecule is CC1CCCC2(OCC(CCl)O2)C1C. The number of ether oxygens (including phenoxy) is 2. The largest absolute Gasteiger partial charge is 0.347 e. The summed E-state index contributed by atoms with van der Waals surface area (Å²) in [5, 5.41) is 0. The van der Waals surface area contributed by atoms with Gasteiger partial charge in [0, 0.05) is 12.3 Å². The van der Waals surface area contributed by atoms with E-state index in [0.29, 0.717) is 24.3 Å². The molecule has 4 unspecified atom stereocenters. The Bertz CT molecular complexity index is 209. The lowest BCUT2D eigenvalue weighted by molar-refractivity contribution is -0.226. The van der Waals surface area contributed by atoms with Gasteiger partial charge in [-0.15, -0.1) is 11.6 Å². The molecular weight excluding hydrogens is 200 g/mol. The smallest absolute Gasteiger partial charge is 0.171 e. The molecule has 2 fully saturated rings. The van der Waals surface area contributed by atoms with E-state index in [2.05, 4.69) is 13.8 Å². The highest BCUT2D eigenvalue weighted by Gasteiger charge is 2.49. The van der Waals surface area contributed by atoms with E-state index in [1.165, 1.54) is 12.8 Å². The van der Waals surface area contributed by atoms with Gasteiger partial charge in [0.15, 0.2) is 5.79 Å². The third kappa shape index (κ3) is 1.68. The van der Waals surface area contributed by atoms with Gasteiger partial charge in [-0.2, -0.15) is 0 Å². The summed E-state index contributed by atoms with van der Waals surface area (Å²) in [7, 11) is 0. The molecule has 14 heavy (non-hydrogen) atoms. The van der Waals surface area contributed by atoms with Gasteiger partial charge in [0.2, 0.25) is 0 Å². The topological polar surface area (TPSA) is 18.5 Å². The highest BCUT2D eigenvalue weighted by atomic mass is 35.5. The number of rotatable bonds is 1. The third-order valence-electron chi connectivity index (χ3n) is 3.78. The molecule has 1 aliphatic heterocycles. The van der Waals surface area contributed by atoms with Crippen LogP contribution in [0, 0.1) is 11.8 Å². The van der Waals surface area contributed by atoms with Gasteiger partial charge in [-0.3, -0.25) is 0 Å². The van der Waals surface area contributed by atoms with Crippen LogP contribution in [0.5, 0.6) is 0 Å². The van der Waals surface area contributed by atoms with Crippen LogP contribution in [0.2, 0.25) is 0 Å². The molecule has 82 valence electrons. The molecule has 0 radical (unpaired) electrons. The summed E-state index contributed by atoms with van der Waals surface area (Å²) >= 11 is 5.79. The van der Waals surface area contributed by atoms with Gasteiger partial charge in [-0.25, -0.2) is 0 Å². The first kappa shape index (κ1) is 10.7. The molecule has 1 heterocycles. The van der Waals surface area contributed by atoms with E-state index >= 15 is 0 Å². The van der Waals surface area contributed by atoms with Crippen molar-refractivity contribution in [1.29, 1.82) is 0 Å². The highest BCUT2D eigenvalue weighted by Crippen LogP contribution is 2.44. The first-order valence-electron chi connectivity index (χ1n) is 5.55. The predicted octanol–water partition coefficient (Wildman–Crippen LogP) is 2.79. The van der Waals surface area contributed by atoms with Gasteiger partial charge in [0.25, 0.3) is 0 Å². The van der Waals surface area contributed by atoms with Gasteiger partial charge in [0.05, 0.1) is 18.6 Å². The Morgan fingerprint density at radius 1 is 1.43 bits per heavy atom. The molecule has 4 atom stereocenters. The molecule has 0 aromatic carbocycles. The number of hydrogen-bond acceptors (Lipinski definition) is 2. The van der Waals surface area contributed by atoms with Crippen molar-refractivity contribution in [2.45, 2.75) is 45.0 Å². The van der Waals surface area contributed by atoms with E-state index < -0.39 is 0 Å². The van der Waals surface area contributed by atoms with Crippen LogP contribution in [0.4, 0.5) is 0 Å². The van der Waals surface area contributed by atoms with Crippen LogP contribution in [0.1, 0.15) is 33.1 Å². The van der Waals surface area contributed by atoms with E-state index in [1.807, 2.05) is 0 Å². The minimum absolute atomic E-state index is 0.101. The van der Waals surface area contributed by atoms with Crippen LogP contribution in [0.15, 0.2) is 0 Å². The Hall–Kier alpha value is 0.210. The second-order valence-corrected chi connectivity index (χ2v) is 4.98. The lowest BCUT2D eigenvalue weighted by Gasteiger charge is -2.41. The first-order valence-corrected chi connectivity index (χ1v) is 6.09. The summed E-state index contributed by atoms with van der Waals surface area (Å²) in [4.78, 5) is 0. The molecule has 2 aliphatic rings. The molecule has 1 saturated heterocycles. The van der Waals surface area contributed by atoms with Crippen molar-refractivity contribution in [3.63, 3.8) is 0 Å². The third-order valence-corrected chi connectivity index (χ3v) is 4.13. The van der Waals surface area contributed by atoms with E-state index in [9.17, 15) is 0 Å². The molecule has 0 aromatic rings. The Labute approximate surface area is 90.9 Å². The lowest BCUT2D eigenvalue weighted by atomic mass is 9.77. The normalized spacial score (nSPS) is 48.6. The van der Waals surface area contributed by atoms with Crippen molar-refractivity contribution < 1.29 is 9.47 Å². The quantitative estimate of drug-likeness (QED) is 0.631. The molecule has 3 heteroatoms. The molecule has 0 amide bonds. The van der Waals surface area contributed by atoms with Crippen LogP contribution in [-0.2, 0) is 9.47 Å². The van der Waals surface area contributed by atoms with Gasteiger partial charge >= 0.3 is 0 Å². The second kappa shape index (κ2) is 3.99. The summed E-state index contributed by atoms with van der Waals surface area (Å²) < 4.78 is 11.8. The minimum atomic E-state index is -0.308.